The van der Waals surface area contributed by atoms with E-state index in [9.17, 15) is 4.79 Å². The van der Waals surface area contributed by atoms with Crippen molar-refractivity contribution in [3.8, 4) is 0 Å². The number of carbonyl (C=O) groups excluding carboxylic acids is 1. The molecule has 3 atom stereocenters. The molecule has 1 aliphatic heterocycles. The van der Waals surface area contributed by atoms with Gasteiger partial charge in [0, 0.05) is 16.1 Å². The number of benzene rings is 2. The van der Waals surface area contributed by atoms with Crippen molar-refractivity contribution < 1.29 is 9.53 Å². The summed E-state index contributed by atoms with van der Waals surface area (Å²) in [7, 11) is 1.44. The maximum atomic E-state index is 12.3. The number of fused-ring (bicyclic) bond motifs is 3. The van der Waals surface area contributed by atoms with E-state index >= 15 is 0 Å². The smallest absolute Gasteiger partial charge is 0.338 e. The highest BCUT2D eigenvalue weighted by atomic mass is 79.9. The highest BCUT2D eigenvalue weighted by molar-refractivity contribution is 9.10. The van der Waals surface area contributed by atoms with Gasteiger partial charge in [-0.05, 0) is 54.2 Å². The van der Waals surface area contributed by atoms with Crippen LogP contribution in [0.5, 0.6) is 0 Å². The number of anilines is 1. The van der Waals surface area contributed by atoms with Gasteiger partial charge in [-0.2, -0.15) is 0 Å². The quantitative estimate of drug-likeness (QED) is 0.546. The lowest BCUT2D eigenvalue weighted by atomic mass is 9.75. The van der Waals surface area contributed by atoms with E-state index in [4.69, 9.17) is 4.74 Å². The first kappa shape index (κ1) is 16.4. The Morgan fingerprint density at radius 1 is 1.28 bits per heavy atom. The molecule has 4 rings (SSSR count). The van der Waals surface area contributed by atoms with Gasteiger partial charge in [-0.15, -0.1) is 0 Å². The van der Waals surface area contributed by atoms with Crippen molar-refractivity contribution in [2.75, 3.05) is 12.4 Å². The molecule has 1 heterocycles. The molecule has 0 bridgehead atoms. The topological polar surface area (TPSA) is 38.3 Å². The van der Waals surface area contributed by atoms with Crippen molar-refractivity contribution in [2.45, 2.75) is 25.3 Å². The molecular formula is C21H20BrNO2. The summed E-state index contributed by atoms with van der Waals surface area (Å²) in [6.07, 6.45) is 5.49. The summed E-state index contributed by atoms with van der Waals surface area (Å²) >= 11 is 3.58. The number of allylic oxidation sites excluding steroid dienone is 2. The molecule has 2 aromatic carbocycles. The van der Waals surface area contributed by atoms with Crippen LogP contribution in [-0.2, 0) is 4.74 Å². The second kappa shape index (κ2) is 6.34. The minimum absolute atomic E-state index is 0.219. The lowest BCUT2D eigenvalue weighted by Crippen LogP contribution is -2.31. The van der Waals surface area contributed by atoms with E-state index in [-0.39, 0.29) is 17.9 Å². The van der Waals surface area contributed by atoms with Crippen LogP contribution in [0.1, 0.15) is 45.4 Å². The van der Waals surface area contributed by atoms with Crippen molar-refractivity contribution in [3.05, 3.63) is 75.3 Å². The number of carbonyl (C=O) groups is 1. The standard InChI is InChI=1S/C21H20BrNO2/c1-12-9-10-17(21(24)25-2)18-15-7-4-8-16(15)20(23-19(12)18)13-5-3-6-14(22)11-13/h3-7,9-11,15-16,20,23H,8H2,1-2H3/t15-,16+,20-/m0/s1. The number of halogens is 1. The summed E-state index contributed by atoms with van der Waals surface area (Å²) in [6.45, 7) is 2.09. The maximum absolute atomic E-state index is 12.3. The van der Waals surface area contributed by atoms with Crippen LogP contribution in [0.4, 0.5) is 5.69 Å². The molecule has 4 heteroatoms. The number of hydrogen-bond donors (Lipinski definition) is 1. The van der Waals surface area contributed by atoms with E-state index in [1.165, 1.54) is 12.7 Å². The molecule has 1 aliphatic carbocycles. The molecule has 0 radical (unpaired) electrons. The van der Waals surface area contributed by atoms with Crippen LogP contribution in [0.25, 0.3) is 0 Å². The molecule has 128 valence electrons. The predicted octanol–water partition coefficient (Wildman–Crippen LogP) is 5.37. The van der Waals surface area contributed by atoms with Gasteiger partial charge in [0.1, 0.15) is 0 Å². The summed E-state index contributed by atoms with van der Waals surface area (Å²) < 4.78 is 6.10. The highest BCUT2D eigenvalue weighted by Gasteiger charge is 2.40. The molecule has 0 fully saturated rings. The largest absolute Gasteiger partial charge is 0.465 e. The fourth-order valence-corrected chi connectivity index (χ4v) is 4.59. The highest BCUT2D eigenvalue weighted by Crippen LogP contribution is 2.51. The summed E-state index contributed by atoms with van der Waals surface area (Å²) in [5.41, 5.74) is 5.24. The molecule has 2 aliphatic rings. The summed E-state index contributed by atoms with van der Waals surface area (Å²) in [6, 6.07) is 12.6. The predicted molar refractivity (Wildman–Crippen MR) is 103 cm³/mol. The van der Waals surface area contributed by atoms with Crippen LogP contribution >= 0.6 is 15.9 Å². The van der Waals surface area contributed by atoms with Gasteiger partial charge in [0.25, 0.3) is 0 Å². The summed E-state index contributed by atoms with van der Waals surface area (Å²) in [4.78, 5) is 12.3. The third-order valence-corrected chi connectivity index (χ3v) is 5.83. The average molecular weight is 398 g/mol. The number of aryl methyl sites for hydroxylation is 1. The fourth-order valence-electron chi connectivity index (χ4n) is 4.17. The number of ether oxygens (including phenoxy) is 1. The third-order valence-electron chi connectivity index (χ3n) is 5.34. The Balaban J connectivity index is 1.87. The van der Waals surface area contributed by atoms with Crippen LogP contribution < -0.4 is 5.32 Å². The molecule has 3 nitrogen and oxygen atoms in total. The Hall–Kier alpha value is -2.07. The van der Waals surface area contributed by atoms with E-state index in [1.807, 2.05) is 18.2 Å². The van der Waals surface area contributed by atoms with Crippen LogP contribution in [-0.4, -0.2) is 13.1 Å². The van der Waals surface area contributed by atoms with Crippen molar-refractivity contribution >= 4 is 27.6 Å². The molecule has 0 unspecified atom stereocenters. The Labute approximate surface area is 156 Å². The Bertz CT molecular complexity index is 874. The Morgan fingerprint density at radius 3 is 2.88 bits per heavy atom. The first-order chi connectivity index (χ1) is 12.1. The molecule has 2 aromatic rings. The number of nitrogens with one attached hydrogen (secondary N) is 1. The molecule has 0 spiro atoms. The van der Waals surface area contributed by atoms with Gasteiger partial charge in [0.05, 0.1) is 18.7 Å². The summed E-state index contributed by atoms with van der Waals surface area (Å²) in [5, 5.41) is 3.73. The molecule has 0 aromatic heterocycles. The van der Waals surface area contributed by atoms with Gasteiger partial charge in [-0.3, -0.25) is 0 Å². The van der Waals surface area contributed by atoms with Gasteiger partial charge in [-0.25, -0.2) is 4.79 Å². The summed E-state index contributed by atoms with van der Waals surface area (Å²) in [5.74, 6) is 0.360. The first-order valence-electron chi connectivity index (χ1n) is 8.50. The zero-order chi connectivity index (χ0) is 17.6. The Kier molecular flexibility index (Phi) is 4.16. The minimum atomic E-state index is -0.266. The van der Waals surface area contributed by atoms with Crippen molar-refractivity contribution in [1.29, 1.82) is 0 Å². The molecule has 1 N–H and O–H groups in total. The maximum Gasteiger partial charge on any atom is 0.338 e. The van der Waals surface area contributed by atoms with Crippen LogP contribution in [0.2, 0.25) is 0 Å². The first-order valence-corrected chi connectivity index (χ1v) is 9.30. The molecular weight excluding hydrogens is 378 g/mol. The van der Waals surface area contributed by atoms with Gasteiger partial charge >= 0.3 is 5.97 Å². The normalized spacial score (nSPS) is 23.6. The van der Waals surface area contributed by atoms with E-state index in [0.29, 0.717) is 11.5 Å². The molecule has 0 amide bonds. The zero-order valence-electron chi connectivity index (χ0n) is 14.3. The number of esters is 1. The second-order valence-corrected chi connectivity index (χ2v) is 7.66. The molecule has 25 heavy (non-hydrogen) atoms. The van der Waals surface area contributed by atoms with E-state index < -0.39 is 0 Å². The minimum Gasteiger partial charge on any atom is -0.465 e. The van der Waals surface area contributed by atoms with E-state index in [1.54, 1.807) is 0 Å². The molecule has 0 saturated carbocycles. The SMILES string of the molecule is COC(=O)c1ccc(C)c2c1[C@H]1C=CC[C@H]1[C@H](c1cccc(Br)c1)N2. The van der Waals surface area contributed by atoms with Gasteiger partial charge < -0.3 is 10.1 Å². The second-order valence-electron chi connectivity index (χ2n) is 6.74. The van der Waals surface area contributed by atoms with Crippen molar-refractivity contribution in [2.24, 2.45) is 5.92 Å². The fraction of sp³-hybridized carbons (Fsp3) is 0.286. The monoisotopic (exact) mass is 397 g/mol. The average Bonchev–Trinajstić information content (AvgIpc) is 3.10. The Morgan fingerprint density at radius 2 is 2.12 bits per heavy atom. The van der Waals surface area contributed by atoms with Crippen molar-refractivity contribution in [3.63, 3.8) is 0 Å². The lowest BCUT2D eigenvalue weighted by Gasteiger charge is -2.39. The lowest BCUT2D eigenvalue weighted by molar-refractivity contribution is 0.0598. The van der Waals surface area contributed by atoms with Crippen LogP contribution in [0.3, 0.4) is 0 Å². The van der Waals surface area contributed by atoms with E-state index in [0.717, 1.165) is 27.7 Å². The van der Waals surface area contributed by atoms with Crippen molar-refractivity contribution in [1.82, 2.24) is 0 Å². The van der Waals surface area contributed by atoms with Gasteiger partial charge in [0.2, 0.25) is 0 Å². The van der Waals surface area contributed by atoms with Gasteiger partial charge in [0.15, 0.2) is 0 Å². The number of hydrogen-bond acceptors (Lipinski definition) is 3. The number of methoxy groups -OCH3 is 1. The van der Waals surface area contributed by atoms with Gasteiger partial charge in [-0.1, -0.05) is 46.3 Å². The molecule has 0 saturated heterocycles. The zero-order valence-corrected chi connectivity index (χ0v) is 15.8. The van der Waals surface area contributed by atoms with E-state index in [2.05, 4.69) is 58.5 Å². The third kappa shape index (κ3) is 2.69. The van der Waals surface area contributed by atoms with Crippen LogP contribution in [0.15, 0.2) is 53.0 Å². The number of rotatable bonds is 2. The van der Waals surface area contributed by atoms with Crippen LogP contribution in [0, 0.1) is 12.8 Å².